The summed E-state index contributed by atoms with van der Waals surface area (Å²) >= 11 is 0. The molecule has 0 atom stereocenters. The molecule has 0 aliphatic rings. The summed E-state index contributed by atoms with van der Waals surface area (Å²) in [5.74, 6) is 0.928. The highest BCUT2D eigenvalue weighted by atomic mass is 16.6. The monoisotopic (exact) mass is 271 g/mol. The van der Waals surface area contributed by atoms with E-state index >= 15 is 0 Å². The minimum Gasteiger partial charge on any atom is -0.360 e. The molecule has 0 radical (unpaired) electrons. The van der Waals surface area contributed by atoms with E-state index < -0.39 is 4.92 Å². The zero-order valence-corrected chi connectivity index (χ0v) is 10.4. The van der Waals surface area contributed by atoms with E-state index in [0.717, 1.165) is 0 Å². The molecule has 0 fully saturated rings. The van der Waals surface area contributed by atoms with E-state index in [0.29, 0.717) is 22.5 Å². The van der Waals surface area contributed by atoms with Crippen molar-refractivity contribution in [1.82, 2.24) is 9.72 Å². The molecule has 0 aliphatic carbocycles. The molecule has 2 aromatic heterocycles. The molecule has 20 heavy (non-hydrogen) atoms. The summed E-state index contributed by atoms with van der Waals surface area (Å²) in [4.78, 5) is 22.3. The van der Waals surface area contributed by atoms with Crippen LogP contribution in [0.25, 0.3) is 16.7 Å². The van der Waals surface area contributed by atoms with Crippen molar-refractivity contribution < 1.29 is 9.45 Å². The third-order valence-electron chi connectivity index (χ3n) is 2.93. The van der Waals surface area contributed by atoms with Crippen molar-refractivity contribution in [3.05, 3.63) is 62.6 Å². The number of hydrogen-bond donors (Lipinski definition) is 0. The first-order chi connectivity index (χ1) is 9.56. The Balaban J connectivity index is 2.33. The van der Waals surface area contributed by atoms with Crippen LogP contribution in [-0.4, -0.2) is 14.6 Å². The lowest BCUT2D eigenvalue weighted by molar-refractivity contribution is -0.384. The summed E-state index contributed by atoms with van der Waals surface area (Å²) in [6.45, 7) is 1.72. The number of aryl methyl sites for hydroxylation is 1. The molecule has 3 rings (SSSR count). The molecule has 0 amide bonds. The van der Waals surface area contributed by atoms with Crippen molar-refractivity contribution in [2.75, 3.05) is 0 Å². The Labute approximate surface area is 112 Å². The third kappa shape index (κ3) is 1.85. The minimum atomic E-state index is -0.477. The molecule has 0 saturated heterocycles. The fourth-order valence-electron chi connectivity index (χ4n) is 2.04. The molecule has 2 heterocycles. The van der Waals surface area contributed by atoms with Gasteiger partial charge >= 0.3 is 0 Å². The van der Waals surface area contributed by atoms with Crippen molar-refractivity contribution in [3.8, 4) is 5.82 Å². The maximum atomic E-state index is 12.0. The van der Waals surface area contributed by atoms with Gasteiger partial charge in [-0.3, -0.25) is 19.5 Å². The van der Waals surface area contributed by atoms with E-state index in [1.165, 1.54) is 28.8 Å². The van der Waals surface area contributed by atoms with Gasteiger partial charge in [0.15, 0.2) is 5.82 Å². The summed E-state index contributed by atoms with van der Waals surface area (Å²) < 4.78 is 6.32. The number of hydrogen-bond acceptors (Lipinski definition) is 5. The zero-order valence-electron chi connectivity index (χ0n) is 10.4. The van der Waals surface area contributed by atoms with Crippen LogP contribution in [0.2, 0.25) is 0 Å². The summed E-state index contributed by atoms with van der Waals surface area (Å²) in [6.07, 6.45) is 0. The highest BCUT2D eigenvalue weighted by Crippen LogP contribution is 2.21. The van der Waals surface area contributed by atoms with Gasteiger partial charge in [-0.15, -0.1) is 0 Å². The second-order valence-electron chi connectivity index (χ2n) is 4.30. The second kappa shape index (κ2) is 4.30. The average Bonchev–Trinajstić information content (AvgIpc) is 2.84. The molecule has 0 spiro atoms. The predicted molar refractivity (Wildman–Crippen MR) is 71.0 cm³/mol. The molecule has 0 saturated carbocycles. The van der Waals surface area contributed by atoms with Crippen molar-refractivity contribution in [2.45, 2.75) is 6.92 Å². The standard InChI is InChI=1S/C13H9N3O4/c1-8-6-12(14-20-8)15-11-4-3-10(16(18)19)7-9(11)2-5-13(15)17/h2-7H,1H3. The number of nitro groups is 1. The van der Waals surface area contributed by atoms with Crippen LogP contribution in [0.3, 0.4) is 0 Å². The third-order valence-corrected chi connectivity index (χ3v) is 2.93. The molecule has 0 bridgehead atoms. The van der Waals surface area contributed by atoms with Crippen LogP contribution in [0.15, 0.2) is 45.7 Å². The summed E-state index contributed by atoms with van der Waals surface area (Å²) in [7, 11) is 0. The Kier molecular flexibility index (Phi) is 2.60. The van der Waals surface area contributed by atoms with Gasteiger partial charge in [0, 0.05) is 29.7 Å². The molecule has 0 N–H and O–H groups in total. The van der Waals surface area contributed by atoms with Crippen LogP contribution < -0.4 is 5.56 Å². The summed E-state index contributed by atoms with van der Waals surface area (Å²) in [5, 5.41) is 15.2. The molecule has 7 nitrogen and oxygen atoms in total. The first-order valence-electron chi connectivity index (χ1n) is 5.80. The topological polar surface area (TPSA) is 91.2 Å². The molecule has 100 valence electrons. The van der Waals surface area contributed by atoms with E-state index in [-0.39, 0.29) is 11.2 Å². The van der Waals surface area contributed by atoms with E-state index in [2.05, 4.69) is 5.16 Å². The first-order valence-corrected chi connectivity index (χ1v) is 5.80. The highest BCUT2D eigenvalue weighted by Gasteiger charge is 2.12. The minimum absolute atomic E-state index is 0.0287. The van der Waals surface area contributed by atoms with Gasteiger partial charge in [-0.05, 0) is 19.1 Å². The molecule has 3 aromatic rings. The van der Waals surface area contributed by atoms with Gasteiger partial charge in [0.2, 0.25) is 0 Å². The van der Waals surface area contributed by atoms with E-state index in [9.17, 15) is 14.9 Å². The van der Waals surface area contributed by atoms with Gasteiger partial charge in [-0.2, -0.15) is 0 Å². The van der Waals surface area contributed by atoms with Crippen LogP contribution in [0.1, 0.15) is 5.76 Å². The van der Waals surface area contributed by atoms with E-state index in [4.69, 9.17) is 4.52 Å². The largest absolute Gasteiger partial charge is 0.360 e. The number of fused-ring (bicyclic) bond motifs is 1. The van der Waals surface area contributed by atoms with Crippen LogP contribution in [0.5, 0.6) is 0 Å². The quantitative estimate of drug-likeness (QED) is 0.526. The number of aromatic nitrogens is 2. The van der Waals surface area contributed by atoms with Crippen molar-refractivity contribution in [3.63, 3.8) is 0 Å². The number of rotatable bonds is 2. The van der Waals surface area contributed by atoms with Crippen LogP contribution in [0.4, 0.5) is 5.69 Å². The predicted octanol–water partition coefficient (Wildman–Crippen LogP) is 2.20. The van der Waals surface area contributed by atoms with Gasteiger partial charge in [-0.1, -0.05) is 5.16 Å². The molecular formula is C13H9N3O4. The molecule has 7 heteroatoms. The Bertz CT molecular complexity index is 879. The Morgan fingerprint density at radius 3 is 2.70 bits per heavy atom. The average molecular weight is 271 g/mol. The second-order valence-corrected chi connectivity index (χ2v) is 4.30. The van der Waals surface area contributed by atoms with E-state index in [1.54, 1.807) is 19.1 Å². The fraction of sp³-hybridized carbons (Fsp3) is 0.0769. The van der Waals surface area contributed by atoms with Gasteiger partial charge in [0.1, 0.15) is 5.76 Å². The first kappa shape index (κ1) is 12.1. The molecule has 0 aliphatic heterocycles. The SMILES string of the molecule is Cc1cc(-n2c(=O)ccc3cc([N+](=O)[O-])ccc32)no1. The molecular weight excluding hydrogens is 262 g/mol. The van der Waals surface area contributed by atoms with Crippen LogP contribution in [0, 0.1) is 17.0 Å². The number of benzene rings is 1. The van der Waals surface area contributed by atoms with Gasteiger partial charge in [-0.25, -0.2) is 0 Å². The Hall–Kier alpha value is -2.96. The van der Waals surface area contributed by atoms with Crippen LogP contribution in [-0.2, 0) is 0 Å². The maximum Gasteiger partial charge on any atom is 0.270 e. The summed E-state index contributed by atoms with van der Waals surface area (Å²) in [6, 6.07) is 8.81. The van der Waals surface area contributed by atoms with Gasteiger partial charge < -0.3 is 4.52 Å². The number of nitrogens with zero attached hydrogens (tertiary/aromatic N) is 3. The number of non-ortho nitro benzene ring substituents is 1. The lowest BCUT2D eigenvalue weighted by Crippen LogP contribution is -2.17. The lowest BCUT2D eigenvalue weighted by Gasteiger charge is -2.05. The van der Waals surface area contributed by atoms with Crippen molar-refractivity contribution in [1.29, 1.82) is 0 Å². The molecule has 0 unspecified atom stereocenters. The maximum absolute atomic E-state index is 12.0. The lowest BCUT2D eigenvalue weighted by atomic mass is 10.2. The summed E-state index contributed by atoms with van der Waals surface area (Å²) in [5.41, 5.74) is 0.232. The normalized spacial score (nSPS) is 10.8. The Morgan fingerprint density at radius 2 is 2.05 bits per heavy atom. The fourth-order valence-corrected chi connectivity index (χ4v) is 2.04. The van der Waals surface area contributed by atoms with Crippen LogP contribution >= 0.6 is 0 Å². The van der Waals surface area contributed by atoms with Crippen molar-refractivity contribution >= 4 is 16.6 Å². The van der Waals surface area contributed by atoms with E-state index in [1.807, 2.05) is 0 Å². The van der Waals surface area contributed by atoms with Crippen molar-refractivity contribution in [2.24, 2.45) is 0 Å². The smallest absolute Gasteiger partial charge is 0.270 e. The number of pyridine rings is 1. The molecule has 1 aromatic carbocycles. The number of nitro benzene ring substituents is 1. The van der Waals surface area contributed by atoms with Gasteiger partial charge in [0.25, 0.3) is 11.2 Å². The zero-order chi connectivity index (χ0) is 14.3. The highest BCUT2D eigenvalue weighted by molar-refractivity contribution is 5.82. The van der Waals surface area contributed by atoms with Gasteiger partial charge in [0.05, 0.1) is 10.4 Å². The Morgan fingerprint density at radius 1 is 1.25 bits per heavy atom.